The lowest BCUT2D eigenvalue weighted by molar-refractivity contribution is -0.114. The van der Waals surface area contributed by atoms with Gasteiger partial charge in [0.1, 0.15) is 5.75 Å². The summed E-state index contributed by atoms with van der Waals surface area (Å²) in [5.41, 5.74) is 1.56. The minimum absolute atomic E-state index is 0.0255. The van der Waals surface area contributed by atoms with E-state index >= 15 is 0 Å². The number of ether oxygens (including phenoxy) is 2. The molecule has 1 aliphatic heterocycles. The van der Waals surface area contributed by atoms with E-state index in [0.29, 0.717) is 17.9 Å². The van der Waals surface area contributed by atoms with Gasteiger partial charge in [0.25, 0.3) is 5.95 Å². The van der Waals surface area contributed by atoms with Crippen LogP contribution >= 0.6 is 15.9 Å². The highest BCUT2D eigenvalue weighted by Crippen LogP contribution is 2.32. The van der Waals surface area contributed by atoms with Crippen molar-refractivity contribution in [3.63, 3.8) is 0 Å². The summed E-state index contributed by atoms with van der Waals surface area (Å²) in [6.07, 6.45) is 0.549. The van der Waals surface area contributed by atoms with E-state index in [0.717, 1.165) is 15.8 Å². The van der Waals surface area contributed by atoms with Crippen LogP contribution in [0.15, 0.2) is 34.2 Å². The predicted octanol–water partition coefficient (Wildman–Crippen LogP) is 2.83. The molecule has 0 bridgehead atoms. The molecule has 0 atom stereocenters. The van der Waals surface area contributed by atoms with E-state index in [2.05, 4.69) is 15.9 Å². The fraction of sp³-hybridized carbons (Fsp3) is 0.250. The van der Waals surface area contributed by atoms with Crippen molar-refractivity contribution in [3.05, 3.63) is 39.8 Å². The molecule has 0 N–H and O–H groups in total. The van der Waals surface area contributed by atoms with Crippen LogP contribution in [0.3, 0.4) is 0 Å². The third-order valence-corrected chi connectivity index (χ3v) is 2.94. The summed E-state index contributed by atoms with van der Waals surface area (Å²) in [6.45, 7) is 1.51. The average Bonchev–Trinajstić information content (AvgIpc) is 2.27. The van der Waals surface area contributed by atoms with Gasteiger partial charge in [-0.05, 0) is 25.1 Å². The standard InChI is InChI=1S/C12H11BrO3/c1-7(14)10-6-8-5-9(13)3-4-11(8)16-12(10)15-2/h3-5H,6H2,1-2H3. The Labute approximate surface area is 102 Å². The first-order valence-corrected chi connectivity index (χ1v) is 5.65. The van der Waals surface area contributed by atoms with E-state index < -0.39 is 0 Å². The van der Waals surface area contributed by atoms with Crippen LogP contribution in [0.4, 0.5) is 0 Å². The van der Waals surface area contributed by atoms with Crippen molar-refractivity contribution in [2.24, 2.45) is 0 Å². The molecule has 0 aromatic heterocycles. The van der Waals surface area contributed by atoms with E-state index in [1.54, 1.807) is 0 Å². The zero-order chi connectivity index (χ0) is 11.7. The van der Waals surface area contributed by atoms with Gasteiger partial charge in [-0.15, -0.1) is 0 Å². The Morgan fingerprint density at radius 2 is 2.25 bits per heavy atom. The van der Waals surface area contributed by atoms with Gasteiger partial charge in [0.2, 0.25) is 0 Å². The molecule has 0 unspecified atom stereocenters. The molecule has 4 heteroatoms. The van der Waals surface area contributed by atoms with Crippen LogP contribution in [0.2, 0.25) is 0 Å². The van der Waals surface area contributed by atoms with E-state index in [-0.39, 0.29) is 5.78 Å². The number of fused-ring (bicyclic) bond motifs is 1. The molecular formula is C12H11BrO3. The van der Waals surface area contributed by atoms with Crippen molar-refractivity contribution in [1.29, 1.82) is 0 Å². The fourth-order valence-corrected chi connectivity index (χ4v) is 2.05. The van der Waals surface area contributed by atoms with Gasteiger partial charge in [-0.1, -0.05) is 15.9 Å². The summed E-state index contributed by atoms with van der Waals surface area (Å²) in [7, 11) is 1.50. The fourth-order valence-electron chi connectivity index (χ4n) is 1.64. The number of hydrogen-bond donors (Lipinski definition) is 0. The molecule has 1 heterocycles. The quantitative estimate of drug-likeness (QED) is 0.837. The Kier molecular flexibility index (Phi) is 3.01. The van der Waals surface area contributed by atoms with Crippen LogP contribution in [0.5, 0.6) is 5.75 Å². The SMILES string of the molecule is COC1=C(C(C)=O)Cc2cc(Br)ccc2O1. The molecule has 1 aromatic carbocycles. The van der Waals surface area contributed by atoms with Crippen LogP contribution in [0.1, 0.15) is 12.5 Å². The van der Waals surface area contributed by atoms with Crippen molar-refractivity contribution >= 4 is 21.7 Å². The maximum atomic E-state index is 11.4. The first kappa shape index (κ1) is 11.2. The second-order valence-electron chi connectivity index (χ2n) is 3.56. The number of carbonyl (C=O) groups is 1. The number of ketones is 1. The van der Waals surface area contributed by atoms with Gasteiger partial charge in [-0.3, -0.25) is 4.79 Å². The van der Waals surface area contributed by atoms with Gasteiger partial charge in [0, 0.05) is 16.5 Å². The first-order chi connectivity index (χ1) is 7.61. The van der Waals surface area contributed by atoms with Gasteiger partial charge in [0.05, 0.1) is 12.7 Å². The van der Waals surface area contributed by atoms with Crippen LogP contribution in [0.25, 0.3) is 0 Å². The van der Waals surface area contributed by atoms with Crippen molar-refractivity contribution in [3.8, 4) is 5.75 Å². The molecule has 0 fully saturated rings. The van der Waals surface area contributed by atoms with E-state index in [1.165, 1.54) is 14.0 Å². The lowest BCUT2D eigenvalue weighted by Gasteiger charge is -2.20. The Morgan fingerprint density at radius 1 is 1.50 bits per heavy atom. The molecule has 0 saturated heterocycles. The normalized spacial score (nSPS) is 14.2. The number of halogens is 1. The molecule has 84 valence electrons. The molecule has 0 amide bonds. The van der Waals surface area contributed by atoms with Crippen LogP contribution in [-0.4, -0.2) is 12.9 Å². The maximum absolute atomic E-state index is 11.4. The number of hydrogen-bond acceptors (Lipinski definition) is 3. The summed E-state index contributed by atoms with van der Waals surface area (Å²) in [5, 5.41) is 0. The maximum Gasteiger partial charge on any atom is 0.291 e. The minimum atomic E-state index is -0.0255. The summed E-state index contributed by atoms with van der Waals surface area (Å²) in [6, 6.07) is 5.70. The molecule has 1 aromatic rings. The Morgan fingerprint density at radius 3 is 2.88 bits per heavy atom. The Bertz CT molecular complexity index is 477. The molecule has 0 aliphatic carbocycles. The second kappa shape index (κ2) is 4.29. The Balaban J connectivity index is 2.43. The van der Waals surface area contributed by atoms with Gasteiger partial charge >= 0.3 is 0 Å². The highest BCUT2D eigenvalue weighted by molar-refractivity contribution is 9.10. The van der Waals surface area contributed by atoms with E-state index in [9.17, 15) is 4.79 Å². The van der Waals surface area contributed by atoms with Crippen LogP contribution in [-0.2, 0) is 16.0 Å². The summed E-state index contributed by atoms with van der Waals surface area (Å²) >= 11 is 3.39. The van der Waals surface area contributed by atoms with E-state index in [1.807, 2.05) is 18.2 Å². The van der Waals surface area contributed by atoms with Gasteiger partial charge < -0.3 is 9.47 Å². The molecule has 16 heavy (non-hydrogen) atoms. The third kappa shape index (κ3) is 1.97. The van der Waals surface area contributed by atoms with Gasteiger partial charge in [0.15, 0.2) is 5.78 Å². The zero-order valence-electron chi connectivity index (χ0n) is 9.04. The highest BCUT2D eigenvalue weighted by atomic mass is 79.9. The number of allylic oxidation sites excluding steroid dienone is 1. The molecule has 1 aliphatic rings. The van der Waals surface area contributed by atoms with Crippen molar-refractivity contribution in [1.82, 2.24) is 0 Å². The first-order valence-electron chi connectivity index (χ1n) is 4.86. The Hall–Kier alpha value is -1.29. The average molecular weight is 283 g/mol. The number of rotatable bonds is 2. The van der Waals surface area contributed by atoms with Crippen molar-refractivity contribution < 1.29 is 14.3 Å². The summed E-state index contributed by atoms with van der Waals surface area (Å²) in [4.78, 5) is 11.4. The topological polar surface area (TPSA) is 35.5 Å². The molecule has 2 rings (SSSR count). The molecule has 3 nitrogen and oxygen atoms in total. The van der Waals surface area contributed by atoms with E-state index in [4.69, 9.17) is 9.47 Å². The number of carbonyl (C=O) groups excluding carboxylic acids is 1. The number of methoxy groups -OCH3 is 1. The lowest BCUT2D eigenvalue weighted by Crippen LogP contribution is -2.16. The third-order valence-electron chi connectivity index (χ3n) is 2.45. The predicted molar refractivity (Wildman–Crippen MR) is 63.2 cm³/mol. The van der Waals surface area contributed by atoms with Gasteiger partial charge in [-0.2, -0.15) is 0 Å². The molecule has 0 spiro atoms. The molecule has 0 radical (unpaired) electrons. The minimum Gasteiger partial charge on any atom is -0.468 e. The molecule has 0 saturated carbocycles. The number of Topliss-reactive ketones (excluding diaryl/α,β-unsaturated/α-hetero) is 1. The smallest absolute Gasteiger partial charge is 0.291 e. The van der Waals surface area contributed by atoms with Crippen LogP contribution in [0, 0.1) is 0 Å². The number of benzene rings is 1. The lowest BCUT2D eigenvalue weighted by atomic mass is 10.0. The summed E-state index contributed by atoms with van der Waals surface area (Å²) in [5.74, 6) is 1.02. The highest BCUT2D eigenvalue weighted by Gasteiger charge is 2.23. The summed E-state index contributed by atoms with van der Waals surface area (Å²) < 4.78 is 11.6. The van der Waals surface area contributed by atoms with Crippen molar-refractivity contribution in [2.45, 2.75) is 13.3 Å². The second-order valence-corrected chi connectivity index (χ2v) is 4.47. The van der Waals surface area contributed by atoms with Crippen molar-refractivity contribution in [2.75, 3.05) is 7.11 Å². The monoisotopic (exact) mass is 282 g/mol. The molecular weight excluding hydrogens is 272 g/mol. The largest absolute Gasteiger partial charge is 0.468 e. The van der Waals surface area contributed by atoms with Gasteiger partial charge in [-0.25, -0.2) is 0 Å². The zero-order valence-corrected chi connectivity index (χ0v) is 10.6. The van der Waals surface area contributed by atoms with Crippen LogP contribution < -0.4 is 4.74 Å².